The highest BCUT2D eigenvalue weighted by molar-refractivity contribution is 7.16. The van der Waals surface area contributed by atoms with Gasteiger partial charge in [0.25, 0.3) is 5.91 Å². The SMILES string of the molecule is COc1ccc2c(c1)CCc1c(C(=O)Nc3sc4c(c3C#N)CCC(C(C)(C)C)C4)noc1-2. The van der Waals surface area contributed by atoms with Gasteiger partial charge in [-0.25, -0.2) is 0 Å². The summed E-state index contributed by atoms with van der Waals surface area (Å²) in [6.07, 6.45) is 4.35. The summed E-state index contributed by atoms with van der Waals surface area (Å²) in [5.41, 5.74) is 5.11. The molecule has 2 aliphatic rings. The molecule has 0 fully saturated rings. The number of hydrogen-bond acceptors (Lipinski definition) is 6. The molecule has 0 bridgehead atoms. The molecule has 7 heteroatoms. The molecule has 6 nitrogen and oxygen atoms in total. The lowest BCUT2D eigenvalue weighted by Crippen LogP contribution is -2.26. The third kappa shape index (κ3) is 3.72. The van der Waals surface area contributed by atoms with Crippen LogP contribution in [0, 0.1) is 22.7 Å². The van der Waals surface area contributed by atoms with Crippen LogP contribution < -0.4 is 10.1 Å². The highest BCUT2D eigenvalue weighted by Crippen LogP contribution is 2.44. The minimum Gasteiger partial charge on any atom is -0.497 e. The average Bonchev–Trinajstić information content (AvgIpc) is 3.38. The van der Waals surface area contributed by atoms with Crippen molar-refractivity contribution in [2.75, 3.05) is 12.4 Å². The topological polar surface area (TPSA) is 88.1 Å². The van der Waals surface area contributed by atoms with Crippen molar-refractivity contribution in [2.45, 2.75) is 52.9 Å². The molecule has 1 N–H and O–H groups in total. The second kappa shape index (κ2) is 8.03. The monoisotopic (exact) mass is 461 g/mol. The molecule has 1 unspecified atom stereocenters. The van der Waals surface area contributed by atoms with E-state index in [1.807, 2.05) is 18.2 Å². The van der Waals surface area contributed by atoms with Crippen LogP contribution >= 0.6 is 11.3 Å². The van der Waals surface area contributed by atoms with Crippen LogP contribution in [0.25, 0.3) is 11.3 Å². The number of amides is 1. The summed E-state index contributed by atoms with van der Waals surface area (Å²) in [6, 6.07) is 8.17. The summed E-state index contributed by atoms with van der Waals surface area (Å²) >= 11 is 1.54. The van der Waals surface area contributed by atoms with Crippen LogP contribution in [-0.2, 0) is 25.7 Å². The lowest BCUT2D eigenvalue weighted by atomic mass is 9.72. The van der Waals surface area contributed by atoms with Crippen LogP contribution in [0.1, 0.15) is 64.8 Å². The van der Waals surface area contributed by atoms with Crippen molar-refractivity contribution in [3.63, 3.8) is 0 Å². The number of benzene rings is 1. The minimum atomic E-state index is -0.320. The lowest BCUT2D eigenvalue weighted by molar-refractivity contribution is 0.101. The molecule has 1 atom stereocenters. The van der Waals surface area contributed by atoms with E-state index >= 15 is 0 Å². The first-order valence-corrected chi connectivity index (χ1v) is 12.1. The third-order valence-electron chi connectivity index (χ3n) is 7.03. The Hall–Kier alpha value is -3.11. The number of anilines is 1. The van der Waals surface area contributed by atoms with E-state index in [0.717, 1.165) is 53.7 Å². The molecule has 3 aromatic rings. The van der Waals surface area contributed by atoms with E-state index in [9.17, 15) is 10.1 Å². The fraction of sp³-hybridized carbons (Fsp3) is 0.423. The molecule has 33 heavy (non-hydrogen) atoms. The number of carbonyl (C=O) groups is 1. The predicted molar refractivity (Wildman–Crippen MR) is 128 cm³/mol. The molecule has 0 saturated heterocycles. The van der Waals surface area contributed by atoms with Crippen LogP contribution in [0.15, 0.2) is 22.7 Å². The van der Waals surface area contributed by atoms with Gasteiger partial charge in [-0.15, -0.1) is 11.3 Å². The van der Waals surface area contributed by atoms with Crippen molar-refractivity contribution in [1.82, 2.24) is 5.16 Å². The Bertz CT molecular complexity index is 1290. The summed E-state index contributed by atoms with van der Waals surface area (Å²) in [4.78, 5) is 14.4. The Kier molecular flexibility index (Phi) is 5.29. The van der Waals surface area contributed by atoms with E-state index in [1.165, 1.54) is 16.2 Å². The molecular weight excluding hydrogens is 434 g/mol. The molecule has 1 amide bonds. The molecule has 0 radical (unpaired) electrons. The standard InChI is InChI=1S/C26H27N3O3S/c1-26(2,3)15-6-9-18-20(13-27)25(33-21(18)12-15)28-24(30)22-19-8-5-14-11-16(31-4)7-10-17(14)23(19)32-29-22/h7,10-11,15H,5-6,8-9,12H2,1-4H3,(H,28,30). The van der Waals surface area contributed by atoms with Gasteiger partial charge in [0.15, 0.2) is 11.5 Å². The van der Waals surface area contributed by atoms with Gasteiger partial charge in [0, 0.05) is 16.0 Å². The summed E-state index contributed by atoms with van der Waals surface area (Å²) < 4.78 is 10.9. The largest absolute Gasteiger partial charge is 0.497 e. The molecule has 0 aliphatic heterocycles. The number of methoxy groups -OCH3 is 1. The number of hydrogen-bond donors (Lipinski definition) is 1. The van der Waals surface area contributed by atoms with Gasteiger partial charge < -0.3 is 14.6 Å². The Morgan fingerprint density at radius 3 is 2.82 bits per heavy atom. The Balaban J connectivity index is 1.43. The lowest BCUT2D eigenvalue weighted by Gasteiger charge is -2.33. The molecule has 2 aliphatic carbocycles. The van der Waals surface area contributed by atoms with E-state index in [-0.39, 0.29) is 11.3 Å². The molecule has 0 saturated carbocycles. The number of aryl methyl sites for hydroxylation is 1. The van der Waals surface area contributed by atoms with E-state index in [0.29, 0.717) is 34.4 Å². The number of rotatable bonds is 3. The van der Waals surface area contributed by atoms with Crippen LogP contribution in [0.2, 0.25) is 0 Å². The van der Waals surface area contributed by atoms with E-state index in [1.54, 1.807) is 7.11 Å². The van der Waals surface area contributed by atoms with Crippen molar-refractivity contribution in [1.29, 1.82) is 5.26 Å². The molecule has 0 spiro atoms. The Morgan fingerprint density at radius 2 is 2.09 bits per heavy atom. The summed E-state index contributed by atoms with van der Waals surface area (Å²) in [7, 11) is 1.65. The number of fused-ring (bicyclic) bond motifs is 4. The van der Waals surface area contributed by atoms with Crippen molar-refractivity contribution < 1.29 is 14.1 Å². The summed E-state index contributed by atoms with van der Waals surface area (Å²) in [5, 5.41) is 17.6. The number of thiophene rings is 1. The molecule has 2 heterocycles. The van der Waals surface area contributed by atoms with Gasteiger partial charge in [0.05, 0.1) is 12.7 Å². The van der Waals surface area contributed by atoms with Gasteiger partial charge in [0.2, 0.25) is 0 Å². The maximum atomic E-state index is 13.2. The molecular formula is C26H27N3O3S. The molecule has 1 aromatic carbocycles. The highest BCUT2D eigenvalue weighted by atomic mass is 32.1. The number of nitrogens with zero attached hydrogens (tertiary/aromatic N) is 2. The van der Waals surface area contributed by atoms with Gasteiger partial charge >= 0.3 is 0 Å². The smallest absolute Gasteiger partial charge is 0.278 e. The number of aromatic nitrogens is 1. The van der Waals surface area contributed by atoms with Crippen LogP contribution in [-0.4, -0.2) is 18.2 Å². The average molecular weight is 462 g/mol. The first-order valence-electron chi connectivity index (χ1n) is 11.3. The second-order valence-corrected chi connectivity index (χ2v) is 11.0. The van der Waals surface area contributed by atoms with Gasteiger partial charge in [0.1, 0.15) is 16.8 Å². The first-order chi connectivity index (χ1) is 15.8. The highest BCUT2D eigenvalue weighted by Gasteiger charge is 2.33. The zero-order valence-corrected chi connectivity index (χ0v) is 20.2. The zero-order chi connectivity index (χ0) is 23.3. The summed E-state index contributed by atoms with van der Waals surface area (Å²) in [6.45, 7) is 6.81. The number of nitriles is 1. The van der Waals surface area contributed by atoms with E-state index in [2.05, 4.69) is 37.3 Å². The Morgan fingerprint density at radius 1 is 1.27 bits per heavy atom. The Labute approximate surface area is 197 Å². The predicted octanol–water partition coefficient (Wildman–Crippen LogP) is 5.79. The normalized spacial score (nSPS) is 16.9. The summed E-state index contributed by atoms with van der Waals surface area (Å²) in [5.74, 6) is 1.69. The molecule has 2 aromatic heterocycles. The molecule has 5 rings (SSSR count). The van der Waals surface area contributed by atoms with Gasteiger partial charge in [-0.2, -0.15) is 5.26 Å². The van der Waals surface area contributed by atoms with Gasteiger partial charge in [-0.3, -0.25) is 4.79 Å². The van der Waals surface area contributed by atoms with Gasteiger partial charge in [-0.05, 0) is 72.8 Å². The van der Waals surface area contributed by atoms with Crippen molar-refractivity contribution in [3.8, 4) is 23.1 Å². The van der Waals surface area contributed by atoms with Crippen molar-refractivity contribution in [3.05, 3.63) is 51.0 Å². The fourth-order valence-corrected chi connectivity index (χ4v) is 6.28. The maximum absolute atomic E-state index is 13.2. The maximum Gasteiger partial charge on any atom is 0.278 e. The molecule has 170 valence electrons. The number of ether oxygens (including phenoxy) is 1. The van der Waals surface area contributed by atoms with E-state index < -0.39 is 0 Å². The third-order valence-corrected chi connectivity index (χ3v) is 8.20. The van der Waals surface area contributed by atoms with Crippen LogP contribution in [0.4, 0.5) is 5.00 Å². The minimum absolute atomic E-state index is 0.220. The number of nitrogens with one attached hydrogen (secondary N) is 1. The quantitative estimate of drug-likeness (QED) is 0.534. The van der Waals surface area contributed by atoms with Crippen molar-refractivity contribution >= 4 is 22.2 Å². The number of carbonyl (C=O) groups excluding carboxylic acids is 1. The second-order valence-electron chi connectivity index (χ2n) is 9.94. The first kappa shape index (κ1) is 21.7. The fourth-order valence-electron chi connectivity index (χ4n) is 5.01. The van der Waals surface area contributed by atoms with Gasteiger partial charge in [-0.1, -0.05) is 25.9 Å². The van der Waals surface area contributed by atoms with Crippen molar-refractivity contribution in [2.24, 2.45) is 11.3 Å². The van der Waals surface area contributed by atoms with Crippen LogP contribution in [0.3, 0.4) is 0 Å². The van der Waals surface area contributed by atoms with Crippen LogP contribution in [0.5, 0.6) is 5.75 Å². The zero-order valence-electron chi connectivity index (χ0n) is 19.4. The van der Waals surface area contributed by atoms with E-state index in [4.69, 9.17) is 9.26 Å².